The number of benzene rings is 1. The Morgan fingerprint density at radius 2 is 2.00 bits per heavy atom. The lowest BCUT2D eigenvalue weighted by Crippen LogP contribution is -2.43. The quantitative estimate of drug-likeness (QED) is 0.747. The van der Waals surface area contributed by atoms with E-state index in [0.717, 1.165) is 10.6 Å². The van der Waals surface area contributed by atoms with Crippen molar-refractivity contribution < 1.29 is 9.59 Å². The van der Waals surface area contributed by atoms with E-state index in [1.54, 1.807) is 0 Å². The van der Waals surface area contributed by atoms with Crippen LogP contribution in [0, 0.1) is 17.2 Å². The summed E-state index contributed by atoms with van der Waals surface area (Å²) in [5.41, 5.74) is 2.01. The van der Waals surface area contributed by atoms with Gasteiger partial charge in [0.25, 0.3) is 5.91 Å². The van der Waals surface area contributed by atoms with Crippen molar-refractivity contribution in [2.24, 2.45) is 5.92 Å². The topological polar surface area (TPSA) is 82.0 Å². The maximum absolute atomic E-state index is 13.1. The third kappa shape index (κ3) is 4.46. The van der Waals surface area contributed by atoms with E-state index in [-0.39, 0.29) is 23.0 Å². The first-order valence-corrected chi connectivity index (χ1v) is 10.8. The summed E-state index contributed by atoms with van der Waals surface area (Å²) in [6.07, 6.45) is 0. The lowest BCUT2D eigenvalue weighted by atomic mass is 9.81. The second kappa shape index (κ2) is 9.09. The van der Waals surface area contributed by atoms with Crippen LogP contribution in [-0.4, -0.2) is 22.8 Å². The molecule has 0 bridgehead atoms. The van der Waals surface area contributed by atoms with Gasteiger partial charge in [0.2, 0.25) is 0 Å². The highest BCUT2D eigenvalue weighted by Gasteiger charge is 2.41. The zero-order chi connectivity index (χ0) is 20.1. The van der Waals surface area contributed by atoms with Crippen LogP contribution in [0.3, 0.4) is 0 Å². The van der Waals surface area contributed by atoms with Crippen LogP contribution in [0.25, 0.3) is 0 Å². The number of anilines is 1. The number of rotatable bonds is 6. The average molecular weight is 412 g/mol. The molecule has 3 rings (SSSR count). The highest BCUT2D eigenvalue weighted by molar-refractivity contribution is 8.00. The summed E-state index contributed by atoms with van der Waals surface area (Å²) in [6.45, 7) is 3.39. The van der Waals surface area contributed by atoms with Crippen molar-refractivity contribution in [2.75, 3.05) is 11.1 Å². The van der Waals surface area contributed by atoms with E-state index in [1.807, 2.05) is 54.8 Å². The first kappa shape index (κ1) is 20.2. The standard InChI is InChI=1S/C21H21N3O2S2/c1-13(25)12-28-21-16(11-22)19(17-9-6-10-27-17)18(14(2)23-21)20(26)24-15-7-4-3-5-8-15/h3-10,16,19,21,23H,12H2,1-2H3,(H,24,26). The van der Waals surface area contributed by atoms with E-state index in [4.69, 9.17) is 0 Å². The lowest BCUT2D eigenvalue weighted by molar-refractivity contribution is -0.115. The molecule has 3 atom stereocenters. The second-order valence-corrected chi connectivity index (χ2v) is 8.69. The Hall–Kier alpha value is -2.56. The summed E-state index contributed by atoms with van der Waals surface area (Å²) in [5, 5.41) is 17.9. The van der Waals surface area contributed by atoms with Crippen LogP contribution in [0.5, 0.6) is 0 Å². The molecule has 1 amide bonds. The number of Topliss-reactive ketones (excluding diaryl/α,β-unsaturated/α-hetero) is 1. The highest BCUT2D eigenvalue weighted by atomic mass is 32.2. The van der Waals surface area contributed by atoms with Gasteiger partial charge in [0, 0.05) is 27.8 Å². The molecular weight excluding hydrogens is 390 g/mol. The van der Waals surface area contributed by atoms with Crippen molar-refractivity contribution >= 4 is 40.5 Å². The summed E-state index contributed by atoms with van der Waals surface area (Å²) in [6, 6.07) is 15.5. The number of carbonyl (C=O) groups is 2. The van der Waals surface area contributed by atoms with Crippen molar-refractivity contribution in [3.8, 4) is 6.07 Å². The van der Waals surface area contributed by atoms with Gasteiger partial charge in [-0.3, -0.25) is 9.59 Å². The van der Waals surface area contributed by atoms with E-state index < -0.39 is 5.92 Å². The molecule has 2 N–H and O–H groups in total. The number of nitrogens with zero attached hydrogens (tertiary/aromatic N) is 1. The number of thiophene rings is 1. The first-order valence-electron chi connectivity index (χ1n) is 8.89. The van der Waals surface area contributed by atoms with Gasteiger partial charge in [-0.1, -0.05) is 24.3 Å². The minimum atomic E-state index is -0.469. The molecule has 28 heavy (non-hydrogen) atoms. The van der Waals surface area contributed by atoms with Crippen LogP contribution in [0.1, 0.15) is 24.6 Å². The number of para-hydroxylation sites is 1. The van der Waals surface area contributed by atoms with Crippen molar-refractivity contribution in [3.05, 3.63) is 64.0 Å². The number of hydrogen-bond donors (Lipinski definition) is 2. The minimum Gasteiger partial charge on any atom is -0.375 e. The van der Waals surface area contributed by atoms with Crippen LogP contribution in [-0.2, 0) is 9.59 Å². The molecule has 1 aromatic carbocycles. The fraction of sp³-hybridized carbons (Fsp3) is 0.286. The van der Waals surface area contributed by atoms with Gasteiger partial charge in [0.05, 0.1) is 23.1 Å². The Bertz CT molecular complexity index is 917. The molecule has 2 heterocycles. The maximum atomic E-state index is 13.1. The third-order valence-electron chi connectivity index (χ3n) is 4.50. The van der Waals surface area contributed by atoms with Gasteiger partial charge < -0.3 is 10.6 Å². The number of carbonyl (C=O) groups excluding carboxylic acids is 2. The van der Waals surface area contributed by atoms with Gasteiger partial charge >= 0.3 is 0 Å². The number of nitriles is 1. The number of hydrogen-bond acceptors (Lipinski definition) is 6. The van der Waals surface area contributed by atoms with E-state index in [0.29, 0.717) is 17.0 Å². The highest BCUT2D eigenvalue weighted by Crippen LogP contribution is 2.43. The first-order chi connectivity index (χ1) is 13.5. The molecule has 0 saturated heterocycles. The number of ketones is 1. The molecule has 144 valence electrons. The average Bonchev–Trinajstić information content (AvgIpc) is 3.20. The van der Waals surface area contributed by atoms with E-state index in [2.05, 4.69) is 16.7 Å². The molecule has 7 heteroatoms. The predicted octanol–water partition coefficient (Wildman–Crippen LogP) is 4.14. The van der Waals surface area contributed by atoms with Crippen LogP contribution < -0.4 is 10.6 Å². The van der Waals surface area contributed by atoms with Gasteiger partial charge in [-0.25, -0.2) is 0 Å². The summed E-state index contributed by atoms with van der Waals surface area (Å²) in [7, 11) is 0. The SMILES string of the molecule is CC(=O)CSC1NC(C)=C(C(=O)Nc2ccccc2)C(c2cccs2)C1C#N. The molecule has 0 radical (unpaired) electrons. The molecule has 3 unspecified atom stereocenters. The zero-order valence-corrected chi connectivity index (χ0v) is 17.3. The van der Waals surface area contributed by atoms with Gasteiger partial charge in [0.1, 0.15) is 5.78 Å². The van der Waals surface area contributed by atoms with E-state index >= 15 is 0 Å². The van der Waals surface area contributed by atoms with Crippen molar-refractivity contribution in [2.45, 2.75) is 25.1 Å². The van der Waals surface area contributed by atoms with Gasteiger partial charge in [0.15, 0.2) is 0 Å². The van der Waals surface area contributed by atoms with Crippen molar-refractivity contribution in [3.63, 3.8) is 0 Å². The fourth-order valence-electron chi connectivity index (χ4n) is 3.28. The number of nitrogens with one attached hydrogen (secondary N) is 2. The Balaban J connectivity index is 1.97. The molecular formula is C21H21N3O2S2. The number of thioether (sulfide) groups is 1. The summed E-state index contributed by atoms with van der Waals surface area (Å²) in [4.78, 5) is 25.6. The normalized spacial score (nSPS) is 21.5. The molecule has 0 spiro atoms. The van der Waals surface area contributed by atoms with E-state index in [1.165, 1.54) is 30.0 Å². The second-order valence-electron chi connectivity index (χ2n) is 6.58. The summed E-state index contributed by atoms with van der Waals surface area (Å²) in [5.74, 6) is -0.649. The molecule has 5 nitrogen and oxygen atoms in total. The van der Waals surface area contributed by atoms with Gasteiger partial charge in [-0.2, -0.15) is 5.26 Å². The Labute approximate surface area is 172 Å². The van der Waals surface area contributed by atoms with Crippen LogP contribution >= 0.6 is 23.1 Å². The Kier molecular flexibility index (Phi) is 6.55. The molecule has 1 aliphatic heterocycles. The molecule has 1 aromatic heterocycles. The maximum Gasteiger partial charge on any atom is 0.254 e. The summed E-state index contributed by atoms with van der Waals surface area (Å²) >= 11 is 2.95. The molecule has 0 aliphatic carbocycles. The monoisotopic (exact) mass is 411 g/mol. The van der Waals surface area contributed by atoms with Crippen LogP contribution in [0.15, 0.2) is 59.1 Å². The Morgan fingerprint density at radius 1 is 1.25 bits per heavy atom. The minimum absolute atomic E-state index is 0.0606. The fourth-order valence-corrected chi connectivity index (χ4v) is 5.26. The van der Waals surface area contributed by atoms with E-state index in [9.17, 15) is 14.9 Å². The summed E-state index contributed by atoms with van der Waals surface area (Å²) < 4.78 is 0. The Morgan fingerprint density at radius 3 is 2.61 bits per heavy atom. The molecule has 2 aromatic rings. The van der Waals surface area contributed by atoms with Crippen molar-refractivity contribution in [1.29, 1.82) is 5.26 Å². The lowest BCUT2D eigenvalue weighted by Gasteiger charge is -2.37. The van der Waals surface area contributed by atoms with Crippen LogP contribution in [0.4, 0.5) is 5.69 Å². The molecule has 0 saturated carbocycles. The van der Waals surface area contributed by atoms with Gasteiger partial charge in [-0.15, -0.1) is 23.1 Å². The largest absolute Gasteiger partial charge is 0.375 e. The van der Waals surface area contributed by atoms with Gasteiger partial charge in [-0.05, 0) is 37.4 Å². The zero-order valence-electron chi connectivity index (χ0n) is 15.6. The molecule has 1 aliphatic rings. The number of allylic oxidation sites excluding steroid dienone is 1. The smallest absolute Gasteiger partial charge is 0.254 e. The predicted molar refractivity (Wildman–Crippen MR) is 114 cm³/mol. The molecule has 0 fully saturated rings. The van der Waals surface area contributed by atoms with Crippen molar-refractivity contribution in [1.82, 2.24) is 5.32 Å². The number of amides is 1. The third-order valence-corrected chi connectivity index (χ3v) is 6.80. The van der Waals surface area contributed by atoms with Crippen LogP contribution in [0.2, 0.25) is 0 Å².